The summed E-state index contributed by atoms with van der Waals surface area (Å²) in [7, 11) is 6.12. The number of thioether (sulfide) groups is 1. The van der Waals surface area contributed by atoms with Crippen LogP contribution in [0.1, 0.15) is 32.1 Å². The van der Waals surface area contributed by atoms with Crippen LogP contribution in [0.3, 0.4) is 0 Å². The highest BCUT2D eigenvalue weighted by Crippen LogP contribution is 2.36. The van der Waals surface area contributed by atoms with Gasteiger partial charge in [0.15, 0.2) is 0 Å². The fraction of sp³-hybridized carbons (Fsp3) is 0.609. The quantitative estimate of drug-likeness (QED) is 0.580. The van der Waals surface area contributed by atoms with E-state index in [1.165, 1.54) is 24.3 Å². The van der Waals surface area contributed by atoms with E-state index in [-0.39, 0.29) is 5.95 Å². The number of likely N-dealkylation sites (tertiary alicyclic amines) is 1. The molecule has 8 nitrogen and oxygen atoms in total. The van der Waals surface area contributed by atoms with Gasteiger partial charge in [-0.1, -0.05) is 11.6 Å². The molecule has 2 aliphatic heterocycles. The molecule has 2 atom stereocenters. The zero-order chi connectivity index (χ0) is 23.4. The molecule has 2 aliphatic rings. The van der Waals surface area contributed by atoms with Crippen molar-refractivity contribution < 1.29 is 4.74 Å². The lowest BCUT2D eigenvalue weighted by atomic mass is 9.95. The summed E-state index contributed by atoms with van der Waals surface area (Å²) in [5.74, 6) is 4.48. The van der Waals surface area contributed by atoms with E-state index in [9.17, 15) is 0 Å². The van der Waals surface area contributed by atoms with Crippen molar-refractivity contribution in [3.05, 3.63) is 23.2 Å². The summed E-state index contributed by atoms with van der Waals surface area (Å²) in [5.41, 5.74) is 7.00. The lowest BCUT2D eigenvalue weighted by molar-refractivity contribution is 0.0981. The predicted octanol–water partition coefficient (Wildman–Crippen LogP) is 4.18. The van der Waals surface area contributed by atoms with Gasteiger partial charge in [0.1, 0.15) is 5.75 Å². The van der Waals surface area contributed by atoms with Crippen LogP contribution in [0, 0.1) is 0 Å². The number of hydrogen-bond acceptors (Lipinski definition) is 8. The van der Waals surface area contributed by atoms with Crippen LogP contribution in [0.25, 0.3) is 0 Å². The van der Waals surface area contributed by atoms with Gasteiger partial charge in [0, 0.05) is 44.5 Å². The van der Waals surface area contributed by atoms with Crippen molar-refractivity contribution >= 4 is 46.9 Å². The first-order valence-corrected chi connectivity index (χ1v) is 13.2. The average Bonchev–Trinajstić information content (AvgIpc) is 3.09. The number of nitrogens with zero attached hydrogens (tertiary/aromatic N) is 5. The second kappa shape index (κ2) is 10.6. The molecule has 4 rings (SSSR count). The van der Waals surface area contributed by atoms with E-state index in [2.05, 4.69) is 41.1 Å². The third-order valence-corrected chi connectivity index (χ3v) is 8.50. The maximum Gasteiger partial charge on any atom is 0.335 e. The minimum atomic E-state index is 0.238. The first-order valence-electron chi connectivity index (χ1n) is 11.6. The summed E-state index contributed by atoms with van der Waals surface area (Å²) in [6.07, 6.45) is 5.82. The fourth-order valence-corrected chi connectivity index (χ4v) is 6.38. The molecule has 1 aromatic heterocycles. The minimum Gasteiger partial charge on any atom is -0.495 e. The maximum absolute atomic E-state index is 6.31. The van der Waals surface area contributed by atoms with Crippen LogP contribution >= 0.6 is 23.4 Å². The van der Waals surface area contributed by atoms with Crippen molar-refractivity contribution in [3.8, 4) is 5.75 Å². The van der Waals surface area contributed by atoms with Crippen molar-refractivity contribution in [1.82, 2.24) is 24.3 Å². The largest absolute Gasteiger partial charge is 0.495 e. The topological polar surface area (TPSA) is 89.2 Å². The number of nitrogen functional groups attached to an aromatic ring is 1. The van der Waals surface area contributed by atoms with Crippen LogP contribution in [0.4, 0.5) is 23.5 Å². The Morgan fingerprint density at radius 1 is 1.12 bits per heavy atom. The summed E-state index contributed by atoms with van der Waals surface area (Å²) >= 11 is 8.37. The molecule has 2 unspecified atom stereocenters. The highest BCUT2D eigenvalue weighted by Gasteiger charge is 2.46. The van der Waals surface area contributed by atoms with Gasteiger partial charge in [0.2, 0.25) is 11.9 Å². The number of nitrogens with one attached hydrogen (secondary N) is 1. The molecule has 180 valence electrons. The Kier molecular flexibility index (Phi) is 7.83. The van der Waals surface area contributed by atoms with Crippen LogP contribution in [0.2, 0.25) is 5.02 Å². The van der Waals surface area contributed by atoms with Crippen molar-refractivity contribution in [2.24, 2.45) is 0 Å². The number of anilines is 3. The van der Waals surface area contributed by atoms with Crippen LogP contribution in [0.15, 0.2) is 18.2 Å². The zero-order valence-electron chi connectivity index (χ0n) is 19.8. The fourth-order valence-electron chi connectivity index (χ4n) is 5.10. The molecule has 3 N–H and O–H groups in total. The molecule has 3 heterocycles. The Hall–Kier alpha value is -1.81. The van der Waals surface area contributed by atoms with E-state index < -0.39 is 0 Å². The number of rotatable bonds is 6. The maximum atomic E-state index is 6.31. The van der Waals surface area contributed by atoms with Gasteiger partial charge in [-0.3, -0.25) is 4.48 Å². The molecular formula is C23H35ClN7OS+. The van der Waals surface area contributed by atoms with E-state index in [0.29, 0.717) is 28.8 Å². The number of piperidine rings is 1. The molecule has 2 saturated heterocycles. The molecule has 2 aromatic rings. The molecule has 0 amide bonds. The number of benzene rings is 1. The molecule has 0 aliphatic carbocycles. The first-order chi connectivity index (χ1) is 15.9. The lowest BCUT2D eigenvalue weighted by Gasteiger charge is -2.47. The molecular weight excluding hydrogens is 458 g/mol. The number of methoxy groups -OCH3 is 1. The summed E-state index contributed by atoms with van der Waals surface area (Å²) in [4.78, 5) is 16.4. The number of ether oxygens (including phenoxy) is 1. The molecule has 0 saturated carbocycles. The smallest absolute Gasteiger partial charge is 0.335 e. The number of halogens is 1. The third kappa shape index (κ3) is 5.48. The molecule has 1 aromatic carbocycles. The molecule has 2 fully saturated rings. The Balaban J connectivity index is 1.69. The van der Waals surface area contributed by atoms with Crippen molar-refractivity contribution in [3.63, 3.8) is 0 Å². The van der Waals surface area contributed by atoms with Gasteiger partial charge in [0.25, 0.3) is 0 Å². The highest BCUT2D eigenvalue weighted by atomic mass is 35.5. The van der Waals surface area contributed by atoms with Crippen LogP contribution in [-0.2, 0) is 0 Å². The minimum absolute atomic E-state index is 0.238. The number of aromatic nitrogens is 3. The number of hydrogen-bond donors (Lipinski definition) is 2. The van der Waals surface area contributed by atoms with E-state index in [1.54, 1.807) is 13.2 Å². The monoisotopic (exact) mass is 492 g/mol. The summed E-state index contributed by atoms with van der Waals surface area (Å²) < 4.78 is 5.98. The van der Waals surface area contributed by atoms with Crippen LogP contribution < -0.4 is 20.3 Å². The van der Waals surface area contributed by atoms with Crippen LogP contribution in [0.5, 0.6) is 5.75 Å². The Morgan fingerprint density at radius 2 is 1.88 bits per heavy atom. The summed E-state index contributed by atoms with van der Waals surface area (Å²) in [6.45, 7) is 2.19. The molecule has 33 heavy (non-hydrogen) atoms. The van der Waals surface area contributed by atoms with E-state index in [0.717, 1.165) is 48.5 Å². The SMILES string of the molecule is COc1ccc(Nc2nc(N)nc([N+](C)(C3CCCSCC3)C3CCN(C)CC3)n2)cc1Cl. The zero-order valence-corrected chi connectivity index (χ0v) is 21.3. The van der Waals surface area contributed by atoms with E-state index >= 15 is 0 Å². The summed E-state index contributed by atoms with van der Waals surface area (Å²) in [5, 5.41) is 3.79. The highest BCUT2D eigenvalue weighted by molar-refractivity contribution is 7.99. The third-order valence-electron chi connectivity index (χ3n) is 7.11. The molecule has 0 spiro atoms. The van der Waals surface area contributed by atoms with Gasteiger partial charge in [-0.25, -0.2) is 0 Å². The van der Waals surface area contributed by atoms with Gasteiger partial charge in [-0.05, 0) is 43.2 Å². The first kappa shape index (κ1) is 24.3. The predicted molar refractivity (Wildman–Crippen MR) is 139 cm³/mol. The van der Waals surface area contributed by atoms with Gasteiger partial charge in [0.05, 0.1) is 31.3 Å². The van der Waals surface area contributed by atoms with Gasteiger partial charge >= 0.3 is 5.95 Å². The van der Waals surface area contributed by atoms with Crippen molar-refractivity contribution in [2.75, 3.05) is 56.9 Å². The second-order valence-corrected chi connectivity index (χ2v) is 10.8. The Morgan fingerprint density at radius 3 is 2.61 bits per heavy atom. The molecule has 0 radical (unpaired) electrons. The van der Waals surface area contributed by atoms with Gasteiger partial charge < -0.3 is 20.7 Å². The van der Waals surface area contributed by atoms with Gasteiger partial charge in [-0.2, -0.15) is 16.7 Å². The molecule has 0 bridgehead atoms. The Bertz CT molecular complexity index is 948. The summed E-state index contributed by atoms with van der Waals surface area (Å²) in [6, 6.07) is 6.43. The van der Waals surface area contributed by atoms with Crippen molar-refractivity contribution in [2.45, 2.75) is 44.2 Å². The molecule has 10 heteroatoms. The van der Waals surface area contributed by atoms with Gasteiger partial charge in [-0.15, -0.1) is 9.97 Å². The van der Waals surface area contributed by atoms with E-state index in [1.807, 2.05) is 12.1 Å². The van der Waals surface area contributed by atoms with E-state index in [4.69, 9.17) is 32.0 Å². The van der Waals surface area contributed by atoms with Crippen molar-refractivity contribution in [1.29, 1.82) is 0 Å². The normalized spacial score (nSPS) is 22.4. The lowest BCUT2D eigenvalue weighted by Crippen LogP contribution is -2.63. The van der Waals surface area contributed by atoms with Crippen LogP contribution in [-0.4, -0.2) is 77.7 Å². The standard InChI is InChI=1S/C23H35ClN7OS/c1-30-11-8-18(9-12-30)31(2,17-5-4-13-33-14-10-17)23-28-21(25)27-22(29-23)26-16-6-7-20(32-3)19(24)15-16/h6-7,15,17-18H,4-5,8-14H2,1-3H3,(H3,25,26,27,28,29)/q+1. The Labute approximate surface area is 205 Å². The average molecular weight is 493 g/mol. The second-order valence-electron chi connectivity index (χ2n) is 9.17. The number of nitrogens with two attached hydrogens (primary N) is 1. The number of quaternary nitrogens is 1.